The van der Waals surface area contributed by atoms with Crippen LogP contribution in [-0.4, -0.2) is 20.6 Å². The number of amides is 1. The SMILES string of the molecule is C[C@H](NC(=O)/C=C/c1ccc(Cl)cc1Cl)c1ccc(S(C)(=O)=O)cc1. The fraction of sp³-hybridized carbons (Fsp3) is 0.167. The minimum atomic E-state index is -3.24. The molecule has 2 aromatic carbocycles. The zero-order valence-electron chi connectivity index (χ0n) is 13.7. The Morgan fingerprint density at radius 3 is 2.32 bits per heavy atom. The molecular weight excluding hydrogens is 381 g/mol. The number of carbonyl (C=O) groups excluding carboxylic acids is 1. The summed E-state index contributed by atoms with van der Waals surface area (Å²) in [6.45, 7) is 1.82. The summed E-state index contributed by atoms with van der Waals surface area (Å²) < 4.78 is 22.9. The van der Waals surface area contributed by atoms with Crippen LogP contribution in [0.2, 0.25) is 10.0 Å². The van der Waals surface area contributed by atoms with Crippen LogP contribution in [0.25, 0.3) is 6.08 Å². The third-order valence-corrected chi connectivity index (χ3v) is 5.23. The van der Waals surface area contributed by atoms with E-state index in [4.69, 9.17) is 23.2 Å². The van der Waals surface area contributed by atoms with Crippen molar-refractivity contribution in [3.8, 4) is 0 Å². The summed E-state index contributed by atoms with van der Waals surface area (Å²) in [4.78, 5) is 12.3. The molecular formula is C18H17Cl2NO3S. The molecule has 0 fully saturated rings. The van der Waals surface area contributed by atoms with Crippen LogP contribution in [0.15, 0.2) is 53.4 Å². The summed E-state index contributed by atoms with van der Waals surface area (Å²) in [5.74, 6) is -0.286. The average Bonchev–Trinajstić information content (AvgIpc) is 2.53. The molecule has 0 radical (unpaired) electrons. The summed E-state index contributed by atoms with van der Waals surface area (Å²) >= 11 is 11.9. The van der Waals surface area contributed by atoms with Gasteiger partial charge in [0.2, 0.25) is 5.91 Å². The highest BCUT2D eigenvalue weighted by molar-refractivity contribution is 7.90. The Labute approximate surface area is 157 Å². The maximum atomic E-state index is 12.0. The zero-order chi connectivity index (χ0) is 18.6. The van der Waals surface area contributed by atoms with Crippen LogP contribution in [-0.2, 0) is 14.6 Å². The van der Waals surface area contributed by atoms with Crippen molar-refractivity contribution in [2.24, 2.45) is 0 Å². The maximum absolute atomic E-state index is 12.0. The van der Waals surface area contributed by atoms with Crippen LogP contribution in [0.3, 0.4) is 0 Å². The molecule has 4 nitrogen and oxygen atoms in total. The second-order valence-electron chi connectivity index (χ2n) is 5.57. The summed E-state index contributed by atoms with van der Waals surface area (Å²) in [7, 11) is -3.24. The van der Waals surface area contributed by atoms with Crippen LogP contribution < -0.4 is 5.32 Å². The molecule has 0 spiro atoms. The largest absolute Gasteiger partial charge is 0.346 e. The van der Waals surface area contributed by atoms with E-state index in [-0.39, 0.29) is 16.8 Å². The molecule has 1 amide bonds. The molecule has 1 N–H and O–H groups in total. The Hall–Kier alpha value is -1.82. The highest BCUT2D eigenvalue weighted by Crippen LogP contribution is 2.22. The fourth-order valence-electron chi connectivity index (χ4n) is 2.15. The highest BCUT2D eigenvalue weighted by Gasteiger charge is 2.11. The van der Waals surface area contributed by atoms with Crippen molar-refractivity contribution in [3.05, 3.63) is 69.7 Å². The van der Waals surface area contributed by atoms with Gasteiger partial charge in [0.05, 0.1) is 10.9 Å². The quantitative estimate of drug-likeness (QED) is 0.765. The molecule has 132 valence electrons. The summed E-state index contributed by atoms with van der Waals surface area (Å²) in [6.07, 6.45) is 4.14. The Balaban J connectivity index is 2.03. The molecule has 1 atom stereocenters. The fourth-order valence-corrected chi connectivity index (χ4v) is 3.25. The third kappa shape index (κ3) is 5.59. The zero-order valence-corrected chi connectivity index (χ0v) is 16.0. The molecule has 25 heavy (non-hydrogen) atoms. The Morgan fingerprint density at radius 1 is 1.12 bits per heavy atom. The average molecular weight is 398 g/mol. The van der Waals surface area contributed by atoms with E-state index < -0.39 is 9.84 Å². The van der Waals surface area contributed by atoms with Crippen LogP contribution in [0, 0.1) is 0 Å². The van der Waals surface area contributed by atoms with Crippen molar-refractivity contribution in [1.82, 2.24) is 5.32 Å². The van der Waals surface area contributed by atoms with Crippen molar-refractivity contribution in [2.45, 2.75) is 17.9 Å². The number of rotatable bonds is 5. The highest BCUT2D eigenvalue weighted by atomic mass is 35.5. The van der Waals surface area contributed by atoms with Gasteiger partial charge in [-0.2, -0.15) is 0 Å². The Morgan fingerprint density at radius 2 is 1.76 bits per heavy atom. The van der Waals surface area contributed by atoms with Gasteiger partial charge in [0.15, 0.2) is 9.84 Å². The molecule has 0 aliphatic heterocycles. The molecule has 0 saturated carbocycles. The van der Waals surface area contributed by atoms with Gasteiger partial charge in [-0.3, -0.25) is 4.79 Å². The van der Waals surface area contributed by atoms with E-state index >= 15 is 0 Å². The van der Waals surface area contributed by atoms with E-state index in [0.29, 0.717) is 15.6 Å². The minimum Gasteiger partial charge on any atom is -0.346 e. The van der Waals surface area contributed by atoms with Crippen LogP contribution in [0.4, 0.5) is 0 Å². The first kappa shape index (κ1) is 19.5. The molecule has 0 aliphatic carbocycles. The number of hydrogen-bond donors (Lipinski definition) is 1. The maximum Gasteiger partial charge on any atom is 0.244 e. The van der Waals surface area contributed by atoms with Gasteiger partial charge in [-0.15, -0.1) is 0 Å². The van der Waals surface area contributed by atoms with Gasteiger partial charge in [-0.25, -0.2) is 8.42 Å². The van der Waals surface area contributed by atoms with Crippen molar-refractivity contribution >= 4 is 45.0 Å². The van der Waals surface area contributed by atoms with Gasteiger partial charge in [-0.1, -0.05) is 41.4 Å². The standard InChI is InChI=1S/C18H17Cl2NO3S/c1-12(13-4-8-16(9-5-13)25(2,23)24)21-18(22)10-6-14-3-7-15(19)11-17(14)20/h3-12H,1-2H3,(H,21,22)/b10-6+/t12-/m0/s1. The molecule has 0 aliphatic rings. The molecule has 7 heteroatoms. The Kier molecular flexibility index (Phi) is 6.27. The normalized spacial score (nSPS) is 13.0. The number of benzene rings is 2. The van der Waals surface area contributed by atoms with E-state index in [1.165, 1.54) is 18.2 Å². The number of nitrogens with one attached hydrogen (secondary N) is 1. The van der Waals surface area contributed by atoms with Crippen LogP contribution in [0.1, 0.15) is 24.1 Å². The van der Waals surface area contributed by atoms with Crippen molar-refractivity contribution in [1.29, 1.82) is 0 Å². The van der Waals surface area contributed by atoms with E-state index in [9.17, 15) is 13.2 Å². The summed E-state index contributed by atoms with van der Waals surface area (Å²) in [5, 5.41) is 3.80. The lowest BCUT2D eigenvalue weighted by molar-refractivity contribution is -0.117. The monoisotopic (exact) mass is 397 g/mol. The van der Waals surface area contributed by atoms with E-state index in [0.717, 1.165) is 11.8 Å². The second-order valence-corrected chi connectivity index (χ2v) is 8.43. The number of carbonyl (C=O) groups is 1. The summed E-state index contributed by atoms with van der Waals surface area (Å²) in [6, 6.07) is 11.2. The smallest absolute Gasteiger partial charge is 0.244 e. The van der Waals surface area contributed by atoms with E-state index in [1.807, 2.05) is 6.92 Å². The van der Waals surface area contributed by atoms with Crippen molar-refractivity contribution < 1.29 is 13.2 Å². The minimum absolute atomic E-state index is 0.243. The number of hydrogen-bond acceptors (Lipinski definition) is 3. The molecule has 0 heterocycles. The van der Waals surface area contributed by atoms with Gasteiger partial charge >= 0.3 is 0 Å². The second kappa shape index (κ2) is 8.04. The van der Waals surface area contributed by atoms with E-state index in [1.54, 1.807) is 36.4 Å². The van der Waals surface area contributed by atoms with Gasteiger partial charge in [0.25, 0.3) is 0 Å². The molecule has 0 bridgehead atoms. The van der Waals surface area contributed by atoms with E-state index in [2.05, 4.69) is 5.32 Å². The van der Waals surface area contributed by atoms with Gasteiger partial charge in [-0.05, 0) is 48.4 Å². The third-order valence-electron chi connectivity index (χ3n) is 3.54. The molecule has 2 rings (SSSR count). The van der Waals surface area contributed by atoms with Gasteiger partial charge < -0.3 is 5.32 Å². The lowest BCUT2D eigenvalue weighted by Crippen LogP contribution is -2.24. The van der Waals surface area contributed by atoms with Gasteiger partial charge in [0, 0.05) is 22.4 Å². The lowest BCUT2D eigenvalue weighted by atomic mass is 10.1. The first-order chi connectivity index (χ1) is 11.7. The molecule has 0 aromatic heterocycles. The predicted octanol–water partition coefficient (Wildman–Crippen LogP) is 4.29. The number of sulfone groups is 1. The first-order valence-electron chi connectivity index (χ1n) is 7.40. The van der Waals surface area contributed by atoms with Crippen LogP contribution >= 0.6 is 23.2 Å². The summed E-state index contributed by atoms with van der Waals surface area (Å²) in [5.41, 5.74) is 1.49. The first-order valence-corrected chi connectivity index (χ1v) is 10.0. The number of halogens is 2. The van der Waals surface area contributed by atoms with Crippen molar-refractivity contribution in [3.63, 3.8) is 0 Å². The predicted molar refractivity (Wildman–Crippen MR) is 102 cm³/mol. The van der Waals surface area contributed by atoms with Gasteiger partial charge in [0.1, 0.15) is 0 Å². The topological polar surface area (TPSA) is 63.2 Å². The molecule has 0 unspecified atom stereocenters. The van der Waals surface area contributed by atoms with Crippen LogP contribution in [0.5, 0.6) is 0 Å². The van der Waals surface area contributed by atoms with Crippen molar-refractivity contribution in [2.75, 3.05) is 6.26 Å². The lowest BCUT2D eigenvalue weighted by Gasteiger charge is -2.13. The Bertz CT molecular complexity index is 906. The molecule has 2 aromatic rings. The molecule has 0 saturated heterocycles.